The van der Waals surface area contributed by atoms with E-state index in [0.717, 1.165) is 0 Å². The molecule has 0 unspecified atom stereocenters. The van der Waals surface area contributed by atoms with E-state index in [0.29, 0.717) is 16.4 Å². The Hall–Kier alpha value is -2.77. The van der Waals surface area contributed by atoms with E-state index < -0.39 is 31.1 Å². The molecule has 0 spiro atoms. The summed E-state index contributed by atoms with van der Waals surface area (Å²) in [6.07, 6.45) is -4.22. The number of anilines is 4. The molecule has 16 heteroatoms. The standard InChI is InChI=1S/C23H24BrClF3N6O4P/c1-4-37-39(36,38-5-2)12-13-6-7-16(15(25)10-13)32-22-30-11-14(23(26,27)28)20(34-22)31-17-8-9-18(24)33-19(17)21(35)29-3/h6-11H,4-5,12H2,1-3H3,(H,29,35)(H2,30,31,32,34). The van der Waals surface area contributed by atoms with Gasteiger partial charge in [-0.2, -0.15) is 18.2 Å². The first-order valence-corrected chi connectivity index (χ1v) is 14.3. The summed E-state index contributed by atoms with van der Waals surface area (Å²) >= 11 is 9.52. The number of nitrogens with one attached hydrogen (secondary N) is 3. The van der Waals surface area contributed by atoms with Gasteiger partial charge in [-0.3, -0.25) is 9.36 Å². The van der Waals surface area contributed by atoms with Crippen LogP contribution >= 0.6 is 35.1 Å². The van der Waals surface area contributed by atoms with Gasteiger partial charge in [-0.05, 0) is 59.6 Å². The zero-order chi connectivity index (χ0) is 28.8. The molecule has 10 nitrogen and oxygen atoms in total. The van der Waals surface area contributed by atoms with Crippen molar-refractivity contribution >= 4 is 64.2 Å². The number of halogens is 5. The minimum absolute atomic E-state index is 0.0110. The first-order chi connectivity index (χ1) is 18.4. The van der Waals surface area contributed by atoms with E-state index in [2.05, 4.69) is 46.8 Å². The lowest BCUT2D eigenvalue weighted by molar-refractivity contribution is -0.137. The molecule has 0 fully saturated rings. The Morgan fingerprint density at radius 3 is 2.33 bits per heavy atom. The largest absolute Gasteiger partial charge is 0.421 e. The number of amides is 1. The summed E-state index contributed by atoms with van der Waals surface area (Å²) in [6.45, 7) is 3.80. The Bertz CT molecular complexity index is 1390. The van der Waals surface area contributed by atoms with Crippen LogP contribution in [0.4, 0.5) is 36.3 Å². The smallest absolute Gasteiger partial charge is 0.354 e. The van der Waals surface area contributed by atoms with Gasteiger partial charge in [-0.15, -0.1) is 0 Å². The fraction of sp³-hybridized carbons (Fsp3) is 0.304. The third-order valence-corrected chi connectivity index (χ3v) is 7.77. The molecule has 0 radical (unpaired) electrons. The van der Waals surface area contributed by atoms with Crippen molar-refractivity contribution in [1.29, 1.82) is 0 Å². The van der Waals surface area contributed by atoms with Crippen LogP contribution in [0.25, 0.3) is 0 Å². The van der Waals surface area contributed by atoms with Crippen molar-refractivity contribution in [2.24, 2.45) is 0 Å². The average molecular weight is 652 g/mol. The number of rotatable bonds is 11. The van der Waals surface area contributed by atoms with Gasteiger partial charge in [0.2, 0.25) is 5.95 Å². The first kappa shape index (κ1) is 30.8. The SMILES string of the molecule is CCOP(=O)(Cc1ccc(Nc2ncc(C(F)(F)F)c(Nc3ccc(Br)nc3C(=O)NC)n2)c(Cl)c1)OCC. The molecule has 1 amide bonds. The Morgan fingerprint density at radius 2 is 1.74 bits per heavy atom. The summed E-state index contributed by atoms with van der Waals surface area (Å²) in [5.41, 5.74) is -0.477. The maximum atomic E-state index is 13.7. The number of carbonyl (C=O) groups is 1. The molecular formula is C23H24BrClF3N6O4P. The van der Waals surface area contributed by atoms with E-state index in [9.17, 15) is 22.5 Å². The highest BCUT2D eigenvalue weighted by Crippen LogP contribution is 2.51. The molecule has 0 saturated heterocycles. The topological polar surface area (TPSA) is 127 Å². The molecule has 210 valence electrons. The van der Waals surface area contributed by atoms with Crippen molar-refractivity contribution in [3.8, 4) is 0 Å². The van der Waals surface area contributed by atoms with Crippen LogP contribution in [-0.2, 0) is 26.0 Å². The summed E-state index contributed by atoms with van der Waals surface area (Å²) in [5.74, 6) is -1.44. The van der Waals surface area contributed by atoms with Crippen molar-refractivity contribution < 1.29 is 31.6 Å². The maximum Gasteiger partial charge on any atom is 0.421 e. The number of nitrogens with zero attached hydrogens (tertiary/aromatic N) is 3. The summed E-state index contributed by atoms with van der Waals surface area (Å²) in [4.78, 5) is 24.0. The summed E-state index contributed by atoms with van der Waals surface area (Å²) < 4.78 is 65.0. The highest BCUT2D eigenvalue weighted by Gasteiger charge is 2.36. The Morgan fingerprint density at radius 1 is 1.08 bits per heavy atom. The Balaban J connectivity index is 1.93. The minimum atomic E-state index is -4.80. The fourth-order valence-electron chi connectivity index (χ4n) is 3.32. The molecule has 3 N–H and O–H groups in total. The summed E-state index contributed by atoms with van der Waals surface area (Å²) in [6, 6.07) is 7.53. The molecule has 3 rings (SSSR count). The normalized spacial score (nSPS) is 11.8. The van der Waals surface area contributed by atoms with Crippen LogP contribution in [0.1, 0.15) is 35.5 Å². The van der Waals surface area contributed by atoms with Crippen molar-refractivity contribution in [3.63, 3.8) is 0 Å². The third kappa shape index (κ3) is 8.12. The van der Waals surface area contributed by atoms with E-state index in [4.69, 9.17) is 20.6 Å². The van der Waals surface area contributed by atoms with Crippen LogP contribution in [0.15, 0.2) is 41.1 Å². The predicted molar refractivity (Wildman–Crippen MR) is 145 cm³/mol. The highest BCUT2D eigenvalue weighted by atomic mass is 79.9. The molecule has 0 aliphatic heterocycles. The molecule has 1 aromatic carbocycles. The second-order valence-electron chi connectivity index (χ2n) is 7.73. The number of alkyl halides is 3. The lowest BCUT2D eigenvalue weighted by atomic mass is 10.2. The average Bonchev–Trinajstić information content (AvgIpc) is 2.86. The van der Waals surface area contributed by atoms with E-state index >= 15 is 0 Å². The summed E-state index contributed by atoms with van der Waals surface area (Å²) in [7, 11) is -2.01. The Labute approximate surface area is 235 Å². The van der Waals surface area contributed by atoms with E-state index in [1.807, 2.05) is 0 Å². The van der Waals surface area contributed by atoms with Gasteiger partial charge in [0.1, 0.15) is 16.0 Å². The van der Waals surface area contributed by atoms with E-state index in [-0.39, 0.29) is 47.4 Å². The van der Waals surface area contributed by atoms with Crippen molar-refractivity contribution in [2.75, 3.05) is 30.9 Å². The van der Waals surface area contributed by atoms with Crippen molar-refractivity contribution in [1.82, 2.24) is 20.3 Å². The second-order valence-corrected chi connectivity index (χ2v) is 11.0. The quantitative estimate of drug-likeness (QED) is 0.150. The lowest BCUT2D eigenvalue weighted by Crippen LogP contribution is -2.21. The van der Waals surface area contributed by atoms with Crippen LogP contribution < -0.4 is 16.0 Å². The third-order valence-electron chi connectivity index (χ3n) is 4.96. The highest BCUT2D eigenvalue weighted by molar-refractivity contribution is 9.10. The van der Waals surface area contributed by atoms with Crippen LogP contribution in [0, 0.1) is 0 Å². The number of aromatic nitrogens is 3. The fourth-order valence-corrected chi connectivity index (χ4v) is 5.57. The maximum absolute atomic E-state index is 13.7. The van der Waals surface area contributed by atoms with Crippen LogP contribution in [0.2, 0.25) is 5.02 Å². The Kier molecular flexibility index (Phi) is 10.3. The van der Waals surface area contributed by atoms with Crippen LogP contribution in [-0.4, -0.2) is 41.1 Å². The van der Waals surface area contributed by atoms with Gasteiger partial charge in [0.25, 0.3) is 5.91 Å². The monoisotopic (exact) mass is 650 g/mol. The van der Waals surface area contributed by atoms with Gasteiger partial charge < -0.3 is 25.0 Å². The molecule has 0 atom stereocenters. The lowest BCUT2D eigenvalue weighted by Gasteiger charge is -2.18. The van der Waals surface area contributed by atoms with Gasteiger partial charge in [-0.25, -0.2) is 9.97 Å². The van der Waals surface area contributed by atoms with Gasteiger partial charge in [0.05, 0.1) is 35.8 Å². The second kappa shape index (κ2) is 13.1. The van der Waals surface area contributed by atoms with Gasteiger partial charge >= 0.3 is 13.8 Å². The molecule has 39 heavy (non-hydrogen) atoms. The molecule has 0 aliphatic rings. The van der Waals surface area contributed by atoms with E-state index in [1.54, 1.807) is 19.9 Å². The molecule has 0 saturated carbocycles. The first-order valence-electron chi connectivity index (χ1n) is 11.4. The van der Waals surface area contributed by atoms with Crippen molar-refractivity contribution in [2.45, 2.75) is 26.2 Å². The number of carbonyl (C=O) groups excluding carboxylic acids is 1. The molecule has 0 aliphatic carbocycles. The van der Waals surface area contributed by atoms with Gasteiger partial charge in [-0.1, -0.05) is 17.7 Å². The molecule has 3 aromatic rings. The van der Waals surface area contributed by atoms with Gasteiger partial charge in [0, 0.05) is 13.2 Å². The van der Waals surface area contributed by atoms with Gasteiger partial charge in [0.15, 0.2) is 5.69 Å². The molecule has 2 heterocycles. The van der Waals surface area contributed by atoms with Crippen LogP contribution in [0.5, 0.6) is 0 Å². The number of hydrogen-bond acceptors (Lipinski definition) is 9. The minimum Gasteiger partial charge on any atom is -0.354 e. The number of hydrogen-bond donors (Lipinski definition) is 3. The van der Waals surface area contributed by atoms with Crippen LogP contribution in [0.3, 0.4) is 0 Å². The number of benzene rings is 1. The zero-order valence-electron chi connectivity index (χ0n) is 20.9. The predicted octanol–water partition coefficient (Wildman–Crippen LogP) is 6.92. The molecule has 2 aromatic heterocycles. The molecule has 0 bridgehead atoms. The zero-order valence-corrected chi connectivity index (χ0v) is 24.1. The van der Waals surface area contributed by atoms with Crippen molar-refractivity contribution in [3.05, 3.63) is 63.0 Å². The summed E-state index contributed by atoms with van der Waals surface area (Å²) in [5, 5.41) is 7.88. The number of pyridine rings is 1. The molecular weight excluding hydrogens is 628 g/mol. The van der Waals surface area contributed by atoms with E-state index in [1.165, 1.54) is 31.3 Å².